The quantitative estimate of drug-likeness (QED) is 0.892. The van der Waals surface area contributed by atoms with Gasteiger partial charge in [0.15, 0.2) is 0 Å². The van der Waals surface area contributed by atoms with E-state index in [0.29, 0.717) is 5.92 Å². The van der Waals surface area contributed by atoms with Crippen LogP contribution in [0, 0.1) is 19.8 Å². The summed E-state index contributed by atoms with van der Waals surface area (Å²) in [6.07, 6.45) is 2.11. The molecule has 4 heteroatoms. The lowest BCUT2D eigenvalue weighted by molar-refractivity contribution is 0.677. The van der Waals surface area contributed by atoms with Gasteiger partial charge in [0.1, 0.15) is 0 Å². The third-order valence-corrected chi connectivity index (χ3v) is 3.86. The molecule has 18 heavy (non-hydrogen) atoms. The largest absolute Gasteiger partial charge is 0.355 e. The summed E-state index contributed by atoms with van der Waals surface area (Å²) in [5, 5.41) is 5.57. The second kappa shape index (κ2) is 5.57. The molecular formula is C14H21N3S. The van der Waals surface area contributed by atoms with Gasteiger partial charge in [-0.2, -0.15) is 0 Å². The van der Waals surface area contributed by atoms with Crippen molar-refractivity contribution in [1.29, 1.82) is 0 Å². The van der Waals surface area contributed by atoms with Crippen molar-refractivity contribution in [2.24, 2.45) is 5.92 Å². The molecule has 0 saturated heterocycles. The fourth-order valence-electron chi connectivity index (χ4n) is 1.82. The van der Waals surface area contributed by atoms with E-state index >= 15 is 0 Å². The Morgan fingerprint density at radius 3 is 2.78 bits per heavy atom. The average Bonchev–Trinajstić information content (AvgIpc) is 2.84. The first-order valence-corrected chi connectivity index (χ1v) is 7.25. The van der Waals surface area contributed by atoms with Gasteiger partial charge in [-0.1, -0.05) is 13.8 Å². The average molecular weight is 263 g/mol. The van der Waals surface area contributed by atoms with Crippen LogP contribution < -0.4 is 5.32 Å². The molecule has 0 bridgehead atoms. The highest BCUT2D eigenvalue weighted by Crippen LogP contribution is 2.19. The smallest absolute Gasteiger partial charge is 0.203 e. The van der Waals surface area contributed by atoms with Crippen LogP contribution in [0.5, 0.6) is 0 Å². The van der Waals surface area contributed by atoms with Crippen LogP contribution in [0.25, 0.3) is 0 Å². The summed E-state index contributed by atoms with van der Waals surface area (Å²) < 4.78 is 2.20. The molecule has 2 rings (SSSR count). The van der Waals surface area contributed by atoms with Crippen molar-refractivity contribution in [2.75, 3.05) is 11.9 Å². The maximum atomic E-state index is 4.55. The minimum Gasteiger partial charge on any atom is -0.355 e. The van der Waals surface area contributed by atoms with Gasteiger partial charge in [0.2, 0.25) is 5.95 Å². The van der Waals surface area contributed by atoms with Gasteiger partial charge >= 0.3 is 0 Å². The van der Waals surface area contributed by atoms with Gasteiger partial charge in [-0.15, -0.1) is 11.3 Å². The Kier molecular flexibility index (Phi) is 4.07. The van der Waals surface area contributed by atoms with Crippen LogP contribution in [0.2, 0.25) is 0 Å². The van der Waals surface area contributed by atoms with Crippen molar-refractivity contribution in [1.82, 2.24) is 9.55 Å². The minimum atomic E-state index is 0.624. The number of hydrogen-bond donors (Lipinski definition) is 1. The van der Waals surface area contributed by atoms with E-state index < -0.39 is 0 Å². The molecule has 0 spiro atoms. The van der Waals surface area contributed by atoms with Crippen LogP contribution >= 0.6 is 11.3 Å². The molecule has 0 saturated carbocycles. The highest BCUT2D eigenvalue weighted by atomic mass is 32.1. The van der Waals surface area contributed by atoms with Gasteiger partial charge in [0.05, 0.1) is 12.2 Å². The molecule has 0 radical (unpaired) electrons. The fraction of sp³-hybridized carbons (Fsp3) is 0.500. The molecule has 98 valence electrons. The van der Waals surface area contributed by atoms with Crippen molar-refractivity contribution in [3.05, 3.63) is 33.8 Å². The monoisotopic (exact) mass is 263 g/mol. The van der Waals surface area contributed by atoms with Crippen molar-refractivity contribution in [3.8, 4) is 0 Å². The first-order chi connectivity index (χ1) is 8.56. The summed E-state index contributed by atoms with van der Waals surface area (Å²) in [6, 6.07) is 2.17. The second-order valence-corrected chi connectivity index (χ2v) is 6.14. The van der Waals surface area contributed by atoms with Crippen LogP contribution in [0.1, 0.15) is 30.0 Å². The number of nitrogens with zero attached hydrogens (tertiary/aromatic N) is 2. The number of aromatic nitrogens is 2. The van der Waals surface area contributed by atoms with E-state index in [1.165, 1.54) is 10.4 Å². The lowest BCUT2D eigenvalue weighted by Crippen LogP contribution is -2.13. The van der Waals surface area contributed by atoms with Crippen molar-refractivity contribution in [3.63, 3.8) is 0 Å². The Labute approximate surface area is 113 Å². The molecule has 0 atom stereocenters. The van der Waals surface area contributed by atoms with Gasteiger partial charge in [0.25, 0.3) is 0 Å². The summed E-state index contributed by atoms with van der Waals surface area (Å²) in [5.74, 6) is 1.60. The van der Waals surface area contributed by atoms with E-state index in [0.717, 1.165) is 24.7 Å². The zero-order valence-corrected chi connectivity index (χ0v) is 12.3. The van der Waals surface area contributed by atoms with Crippen LogP contribution in [0.3, 0.4) is 0 Å². The standard InChI is InChI=1S/C14H21N3S/c1-10(2)7-15-14-16-12(4)8-17(14)9-13-11(3)5-6-18-13/h5-6,8,10H,7,9H2,1-4H3,(H,15,16). The highest BCUT2D eigenvalue weighted by Gasteiger charge is 2.08. The van der Waals surface area contributed by atoms with E-state index in [2.05, 4.69) is 53.3 Å². The zero-order valence-electron chi connectivity index (χ0n) is 11.5. The molecule has 3 nitrogen and oxygen atoms in total. The van der Waals surface area contributed by atoms with Crippen molar-refractivity contribution in [2.45, 2.75) is 34.2 Å². The second-order valence-electron chi connectivity index (χ2n) is 5.14. The molecule has 2 aromatic heterocycles. The van der Waals surface area contributed by atoms with Crippen LogP contribution in [-0.2, 0) is 6.54 Å². The minimum absolute atomic E-state index is 0.624. The molecule has 0 aliphatic carbocycles. The molecule has 0 aliphatic heterocycles. The predicted octanol–water partition coefficient (Wildman–Crippen LogP) is 3.68. The first kappa shape index (κ1) is 13.1. The molecule has 0 fully saturated rings. The Bertz CT molecular complexity index is 511. The lowest BCUT2D eigenvalue weighted by atomic mass is 10.2. The molecule has 0 aromatic carbocycles. The fourth-order valence-corrected chi connectivity index (χ4v) is 2.73. The summed E-state index contributed by atoms with van der Waals surface area (Å²) in [5.41, 5.74) is 2.43. The maximum Gasteiger partial charge on any atom is 0.203 e. The molecule has 0 aliphatic rings. The van der Waals surface area contributed by atoms with E-state index in [1.54, 1.807) is 0 Å². The molecular weight excluding hydrogens is 242 g/mol. The first-order valence-electron chi connectivity index (χ1n) is 6.37. The van der Waals surface area contributed by atoms with Gasteiger partial charge in [-0.3, -0.25) is 0 Å². The van der Waals surface area contributed by atoms with E-state index in [1.807, 2.05) is 18.3 Å². The van der Waals surface area contributed by atoms with Crippen molar-refractivity contribution < 1.29 is 0 Å². The Balaban J connectivity index is 2.14. The maximum absolute atomic E-state index is 4.55. The highest BCUT2D eigenvalue weighted by molar-refractivity contribution is 7.10. The predicted molar refractivity (Wildman–Crippen MR) is 78.4 cm³/mol. The van der Waals surface area contributed by atoms with E-state index in [9.17, 15) is 0 Å². The van der Waals surface area contributed by atoms with Gasteiger partial charge in [-0.25, -0.2) is 4.98 Å². The third-order valence-electron chi connectivity index (χ3n) is 2.85. The SMILES string of the molecule is Cc1cn(Cc2sccc2C)c(NCC(C)C)n1. The Hall–Kier alpha value is -1.29. The van der Waals surface area contributed by atoms with Crippen LogP contribution in [-0.4, -0.2) is 16.1 Å². The number of aryl methyl sites for hydroxylation is 2. The van der Waals surface area contributed by atoms with Gasteiger partial charge in [0, 0.05) is 17.6 Å². The molecule has 1 N–H and O–H groups in total. The van der Waals surface area contributed by atoms with Gasteiger partial charge < -0.3 is 9.88 Å². The summed E-state index contributed by atoms with van der Waals surface area (Å²) in [6.45, 7) is 10.5. The number of rotatable bonds is 5. The van der Waals surface area contributed by atoms with E-state index in [-0.39, 0.29) is 0 Å². The topological polar surface area (TPSA) is 29.9 Å². The molecule has 2 heterocycles. The molecule has 2 aromatic rings. The van der Waals surface area contributed by atoms with E-state index in [4.69, 9.17) is 0 Å². The number of nitrogens with one attached hydrogen (secondary N) is 1. The molecule has 0 amide bonds. The molecule has 0 unspecified atom stereocenters. The normalized spacial score (nSPS) is 11.2. The summed E-state index contributed by atoms with van der Waals surface area (Å²) in [4.78, 5) is 5.95. The van der Waals surface area contributed by atoms with Crippen molar-refractivity contribution >= 4 is 17.3 Å². The summed E-state index contributed by atoms with van der Waals surface area (Å²) in [7, 11) is 0. The lowest BCUT2D eigenvalue weighted by Gasteiger charge is -2.11. The van der Waals surface area contributed by atoms with Gasteiger partial charge in [-0.05, 0) is 36.8 Å². The Morgan fingerprint density at radius 1 is 1.39 bits per heavy atom. The number of anilines is 1. The summed E-state index contributed by atoms with van der Waals surface area (Å²) >= 11 is 1.81. The van der Waals surface area contributed by atoms with Crippen LogP contribution in [0.15, 0.2) is 17.6 Å². The van der Waals surface area contributed by atoms with Crippen LogP contribution in [0.4, 0.5) is 5.95 Å². The Morgan fingerprint density at radius 2 is 2.17 bits per heavy atom. The number of thiophene rings is 1. The number of imidazole rings is 1. The number of hydrogen-bond acceptors (Lipinski definition) is 3. The zero-order chi connectivity index (χ0) is 13.1. The third kappa shape index (κ3) is 3.13.